The first-order valence-electron chi connectivity index (χ1n) is 12.1. The van der Waals surface area contributed by atoms with Crippen molar-refractivity contribution in [1.29, 1.82) is 0 Å². The van der Waals surface area contributed by atoms with Crippen LogP contribution in [0.4, 0.5) is 10.5 Å². The van der Waals surface area contributed by atoms with Crippen LogP contribution in [0.3, 0.4) is 0 Å². The summed E-state index contributed by atoms with van der Waals surface area (Å²) in [6.07, 6.45) is 6.92. The van der Waals surface area contributed by atoms with Crippen molar-refractivity contribution < 1.29 is 4.79 Å². The van der Waals surface area contributed by atoms with E-state index in [1.807, 2.05) is 47.4 Å². The van der Waals surface area contributed by atoms with Crippen LogP contribution in [-0.4, -0.2) is 15.5 Å². The number of para-hydroxylation sites is 1. The monoisotopic (exact) mass is 467 g/mol. The van der Waals surface area contributed by atoms with Gasteiger partial charge in [0, 0.05) is 22.3 Å². The summed E-state index contributed by atoms with van der Waals surface area (Å²) in [6, 6.07) is 20.7. The Bertz CT molecular complexity index is 1360. The van der Waals surface area contributed by atoms with Crippen molar-refractivity contribution in [2.75, 3.05) is 5.32 Å². The van der Waals surface area contributed by atoms with Crippen molar-refractivity contribution in [3.8, 4) is 5.00 Å². The molecule has 4 nitrogen and oxygen atoms in total. The molecule has 172 valence electrons. The molecule has 2 aliphatic rings. The number of hydrogen-bond acceptors (Lipinski definition) is 2. The lowest BCUT2D eigenvalue weighted by atomic mass is 9.95. The van der Waals surface area contributed by atoms with Crippen molar-refractivity contribution in [2.45, 2.75) is 52.1 Å². The third-order valence-electron chi connectivity index (χ3n) is 7.22. The van der Waals surface area contributed by atoms with Crippen LogP contribution in [0.5, 0.6) is 0 Å². The van der Waals surface area contributed by atoms with Gasteiger partial charge in [0.15, 0.2) is 0 Å². The SMILES string of the molecule is Cc1ccc([C@@H]2c3cccn3-c3sc4c(c3CN2C(=O)Nc2ccccc2C)CCCC4)cc1. The third kappa shape index (κ3) is 3.55. The standard InChI is InChI=1S/C29H29N3OS/c1-19-13-15-21(16-14-19)27-25-11-7-17-31(25)28-23(22-9-4-6-12-26(22)34-28)18-32(27)29(33)30-24-10-5-3-8-20(24)2/h3,5,7-8,10-11,13-17,27H,4,6,9,12,18H2,1-2H3,(H,30,33)/t27-/m1/s1. The zero-order valence-corrected chi connectivity index (χ0v) is 20.5. The lowest BCUT2D eigenvalue weighted by molar-refractivity contribution is 0.194. The predicted octanol–water partition coefficient (Wildman–Crippen LogP) is 7.17. The van der Waals surface area contributed by atoms with E-state index < -0.39 is 0 Å². The molecular formula is C29H29N3OS. The van der Waals surface area contributed by atoms with E-state index in [2.05, 4.69) is 59.4 Å². The van der Waals surface area contributed by atoms with Crippen molar-refractivity contribution in [3.63, 3.8) is 0 Å². The molecule has 0 fully saturated rings. The fourth-order valence-electron chi connectivity index (χ4n) is 5.39. The van der Waals surface area contributed by atoms with Gasteiger partial charge in [0.2, 0.25) is 0 Å². The zero-order valence-electron chi connectivity index (χ0n) is 19.7. The Morgan fingerprint density at radius 2 is 1.74 bits per heavy atom. The number of nitrogens with one attached hydrogen (secondary N) is 1. The molecule has 1 aliphatic heterocycles. The second-order valence-electron chi connectivity index (χ2n) is 9.48. The Balaban J connectivity index is 1.51. The van der Waals surface area contributed by atoms with Gasteiger partial charge < -0.3 is 14.8 Å². The van der Waals surface area contributed by atoms with E-state index in [0.717, 1.165) is 35.3 Å². The van der Waals surface area contributed by atoms with E-state index in [4.69, 9.17) is 0 Å². The number of thiophene rings is 1. The zero-order chi connectivity index (χ0) is 23.2. The first-order valence-corrected chi connectivity index (χ1v) is 12.9. The van der Waals surface area contributed by atoms with Crippen LogP contribution in [0.25, 0.3) is 5.00 Å². The van der Waals surface area contributed by atoms with Gasteiger partial charge in [0.05, 0.1) is 18.3 Å². The third-order valence-corrected chi connectivity index (χ3v) is 8.55. The molecule has 0 unspecified atom stereocenters. The molecular weight excluding hydrogens is 438 g/mol. The highest BCUT2D eigenvalue weighted by Gasteiger charge is 2.36. The molecule has 2 aromatic carbocycles. The number of carbonyl (C=O) groups is 1. The maximum Gasteiger partial charge on any atom is 0.322 e. The molecule has 4 aromatic rings. The number of anilines is 1. The summed E-state index contributed by atoms with van der Waals surface area (Å²) in [5.41, 5.74) is 8.22. The molecule has 0 saturated carbocycles. The molecule has 34 heavy (non-hydrogen) atoms. The van der Waals surface area contributed by atoms with Gasteiger partial charge in [0.1, 0.15) is 5.00 Å². The number of benzene rings is 2. The second-order valence-corrected chi connectivity index (χ2v) is 10.6. The summed E-state index contributed by atoms with van der Waals surface area (Å²) in [6.45, 7) is 4.75. The van der Waals surface area contributed by atoms with E-state index in [-0.39, 0.29) is 12.1 Å². The highest BCUT2D eigenvalue weighted by Crippen LogP contribution is 2.44. The quantitative estimate of drug-likeness (QED) is 0.333. The molecule has 0 saturated heterocycles. The molecule has 1 aliphatic carbocycles. The Kier molecular flexibility index (Phi) is 5.30. The van der Waals surface area contributed by atoms with Crippen LogP contribution >= 0.6 is 11.3 Å². The average Bonchev–Trinajstić information content (AvgIpc) is 3.43. The summed E-state index contributed by atoms with van der Waals surface area (Å²) >= 11 is 1.92. The maximum absolute atomic E-state index is 14.0. The van der Waals surface area contributed by atoms with Crippen LogP contribution in [0, 0.1) is 13.8 Å². The van der Waals surface area contributed by atoms with Gasteiger partial charge in [0.25, 0.3) is 0 Å². The molecule has 3 heterocycles. The van der Waals surface area contributed by atoms with Gasteiger partial charge in [-0.15, -0.1) is 11.3 Å². The lowest BCUT2D eigenvalue weighted by Crippen LogP contribution is -2.38. The van der Waals surface area contributed by atoms with E-state index in [0.29, 0.717) is 6.54 Å². The minimum absolute atomic E-state index is 0.0590. The van der Waals surface area contributed by atoms with Gasteiger partial charge >= 0.3 is 6.03 Å². The van der Waals surface area contributed by atoms with E-state index in [1.54, 1.807) is 0 Å². The topological polar surface area (TPSA) is 37.3 Å². The smallest absolute Gasteiger partial charge is 0.310 e. The maximum atomic E-state index is 14.0. The number of carbonyl (C=O) groups excluding carboxylic acids is 1. The molecule has 5 heteroatoms. The number of fused-ring (bicyclic) bond motifs is 5. The fourth-order valence-corrected chi connectivity index (χ4v) is 6.79. The molecule has 1 atom stereocenters. The highest BCUT2D eigenvalue weighted by molar-refractivity contribution is 7.15. The van der Waals surface area contributed by atoms with Crippen molar-refractivity contribution in [2.24, 2.45) is 0 Å². The minimum atomic E-state index is -0.168. The van der Waals surface area contributed by atoms with Crippen LogP contribution < -0.4 is 5.32 Å². The lowest BCUT2D eigenvalue weighted by Gasteiger charge is -2.31. The summed E-state index contributed by atoms with van der Waals surface area (Å²) in [5, 5.41) is 4.51. The Labute approximate surface area is 204 Å². The van der Waals surface area contributed by atoms with E-state index >= 15 is 0 Å². The molecule has 1 N–H and O–H groups in total. The molecule has 0 radical (unpaired) electrons. The summed E-state index contributed by atoms with van der Waals surface area (Å²) in [4.78, 5) is 17.5. The number of hydrogen-bond donors (Lipinski definition) is 1. The molecule has 2 aromatic heterocycles. The Morgan fingerprint density at radius 3 is 2.56 bits per heavy atom. The van der Waals surface area contributed by atoms with Crippen LogP contribution in [-0.2, 0) is 19.4 Å². The van der Waals surface area contributed by atoms with Gasteiger partial charge in [-0.05, 0) is 74.4 Å². The highest BCUT2D eigenvalue weighted by atomic mass is 32.1. The van der Waals surface area contributed by atoms with Crippen molar-refractivity contribution in [3.05, 3.63) is 105 Å². The largest absolute Gasteiger partial charge is 0.322 e. The second kappa shape index (κ2) is 8.48. The van der Waals surface area contributed by atoms with Gasteiger partial charge in [-0.25, -0.2) is 4.79 Å². The summed E-state index contributed by atoms with van der Waals surface area (Å²) in [5.74, 6) is 0. The van der Waals surface area contributed by atoms with E-state index in [9.17, 15) is 4.79 Å². The number of nitrogens with zero attached hydrogens (tertiary/aromatic N) is 2. The number of aryl methyl sites for hydroxylation is 3. The Morgan fingerprint density at radius 1 is 0.941 bits per heavy atom. The minimum Gasteiger partial charge on any atom is -0.310 e. The first-order chi connectivity index (χ1) is 16.6. The first kappa shape index (κ1) is 21.2. The predicted molar refractivity (Wildman–Crippen MR) is 139 cm³/mol. The average molecular weight is 468 g/mol. The van der Waals surface area contributed by atoms with Gasteiger partial charge in [-0.3, -0.25) is 0 Å². The van der Waals surface area contributed by atoms with E-state index in [1.165, 1.54) is 39.4 Å². The van der Waals surface area contributed by atoms with Crippen LogP contribution in [0.2, 0.25) is 0 Å². The molecule has 0 bridgehead atoms. The normalized spacial score (nSPS) is 16.9. The number of amides is 2. The van der Waals surface area contributed by atoms with Crippen LogP contribution in [0.1, 0.15) is 57.3 Å². The number of aromatic nitrogens is 1. The molecule has 2 amide bonds. The van der Waals surface area contributed by atoms with Crippen molar-refractivity contribution >= 4 is 23.1 Å². The fraction of sp³-hybridized carbons (Fsp3) is 0.276. The van der Waals surface area contributed by atoms with Gasteiger partial charge in [-0.2, -0.15) is 0 Å². The van der Waals surface area contributed by atoms with Crippen molar-refractivity contribution in [1.82, 2.24) is 9.47 Å². The molecule has 6 rings (SSSR count). The number of urea groups is 1. The van der Waals surface area contributed by atoms with Crippen LogP contribution in [0.15, 0.2) is 66.9 Å². The Hall–Kier alpha value is -3.31. The molecule has 0 spiro atoms. The number of rotatable bonds is 2. The summed E-state index contributed by atoms with van der Waals surface area (Å²) in [7, 11) is 0. The van der Waals surface area contributed by atoms with Gasteiger partial charge in [-0.1, -0.05) is 48.0 Å². The summed E-state index contributed by atoms with van der Waals surface area (Å²) < 4.78 is 2.34.